The molecule has 0 saturated carbocycles. The molecule has 0 radical (unpaired) electrons. The van der Waals surface area contributed by atoms with E-state index in [0.29, 0.717) is 17.3 Å². The Balaban J connectivity index is 2.80. The number of hydrogen-bond donors (Lipinski definition) is 1. The first-order valence-electron chi connectivity index (χ1n) is 4.64. The van der Waals surface area contributed by atoms with E-state index in [0.717, 1.165) is 5.56 Å². The number of rotatable bonds is 4. The van der Waals surface area contributed by atoms with Crippen LogP contribution in [0.15, 0.2) is 24.3 Å². The first-order chi connectivity index (χ1) is 6.95. The molecule has 1 aromatic carbocycles. The quantitative estimate of drug-likeness (QED) is 0.823. The Morgan fingerprint density at radius 1 is 1.33 bits per heavy atom. The zero-order chi connectivity index (χ0) is 11.5. The summed E-state index contributed by atoms with van der Waals surface area (Å²) in [5.74, 6) is 0.325. The molecular weight excluding hydrogens is 254 g/mol. The summed E-state index contributed by atoms with van der Waals surface area (Å²) in [6.07, 6.45) is 0.416. The molecule has 0 aromatic heterocycles. The van der Waals surface area contributed by atoms with Gasteiger partial charge in [0.05, 0.1) is 11.0 Å². The van der Waals surface area contributed by atoms with Crippen molar-refractivity contribution in [2.75, 3.05) is 5.88 Å². The topological polar surface area (TPSA) is 20.2 Å². The van der Waals surface area contributed by atoms with E-state index in [1.807, 2.05) is 0 Å². The molecule has 0 aliphatic rings. The number of alkyl halides is 2. The summed E-state index contributed by atoms with van der Waals surface area (Å²) >= 11 is 17.3. The minimum absolute atomic E-state index is 0.239. The lowest BCUT2D eigenvalue weighted by atomic mass is 9.91. The Hall–Kier alpha value is 0.0500. The van der Waals surface area contributed by atoms with Crippen molar-refractivity contribution >= 4 is 34.8 Å². The molecule has 0 heterocycles. The second-order valence-corrected chi connectivity index (χ2v) is 5.10. The van der Waals surface area contributed by atoms with Gasteiger partial charge in [0.2, 0.25) is 0 Å². The molecule has 4 heteroatoms. The Bertz CT molecular complexity index is 308. The summed E-state index contributed by atoms with van der Waals surface area (Å²) in [5, 5.41) is 10.6. The molecule has 1 nitrogen and oxygen atoms in total. The summed E-state index contributed by atoms with van der Waals surface area (Å²) in [6, 6.07) is 7.07. The Kier molecular flexibility index (Phi) is 4.72. The van der Waals surface area contributed by atoms with Crippen molar-refractivity contribution in [3.05, 3.63) is 34.9 Å². The molecule has 84 valence electrons. The van der Waals surface area contributed by atoms with Crippen LogP contribution in [0.25, 0.3) is 0 Å². The number of hydrogen-bond acceptors (Lipinski definition) is 1. The van der Waals surface area contributed by atoms with Crippen LogP contribution in [0.3, 0.4) is 0 Å². The summed E-state index contributed by atoms with van der Waals surface area (Å²) in [6.45, 7) is 1.72. The fourth-order valence-electron chi connectivity index (χ4n) is 1.41. The number of halogens is 3. The summed E-state index contributed by atoms with van der Waals surface area (Å²) in [4.78, 5) is 0. The molecule has 1 N–H and O–H groups in total. The van der Waals surface area contributed by atoms with Crippen molar-refractivity contribution in [3.63, 3.8) is 0 Å². The summed E-state index contributed by atoms with van der Waals surface area (Å²) in [7, 11) is 0. The van der Waals surface area contributed by atoms with Crippen molar-refractivity contribution in [2.24, 2.45) is 0 Å². The van der Waals surface area contributed by atoms with E-state index in [-0.39, 0.29) is 5.38 Å². The molecule has 0 aliphatic heterocycles. The van der Waals surface area contributed by atoms with Gasteiger partial charge in [-0.1, -0.05) is 23.7 Å². The van der Waals surface area contributed by atoms with Gasteiger partial charge in [0.25, 0.3) is 0 Å². The highest BCUT2D eigenvalue weighted by molar-refractivity contribution is 6.30. The maximum Gasteiger partial charge on any atom is 0.0883 e. The van der Waals surface area contributed by atoms with Crippen molar-refractivity contribution < 1.29 is 5.11 Å². The van der Waals surface area contributed by atoms with Gasteiger partial charge < -0.3 is 5.11 Å². The van der Waals surface area contributed by atoms with Crippen LogP contribution < -0.4 is 0 Å². The van der Waals surface area contributed by atoms with Crippen LogP contribution in [0.1, 0.15) is 18.9 Å². The Morgan fingerprint density at radius 3 is 2.33 bits per heavy atom. The van der Waals surface area contributed by atoms with Gasteiger partial charge in [0.15, 0.2) is 0 Å². The minimum Gasteiger partial charge on any atom is -0.385 e. The van der Waals surface area contributed by atoms with Crippen molar-refractivity contribution in [1.29, 1.82) is 0 Å². The smallest absolute Gasteiger partial charge is 0.0883 e. The third kappa shape index (κ3) is 3.84. The van der Waals surface area contributed by atoms with Crippen LogP contribution in [-0.4, -0.2) is 16.4 Å². The van der Waals surface area contributed by atoms with E-state index in [9.17, 15) is 5.11 Å². The van der Waals surface area contributed by atoms with E-state index in [1.165, 1.54) is 0 Å². The average molecular weight is 268 g/mol. The zero-order valence-corrected chi connectivity index (χ0v) is 10.6. The lowest BCUT2D eigenvalue weighted by Crippen LogP contribution is -2.26. The molecule has 0 fully saturated rings. The summed E-state index contributed by atoms with van der Waals surface area (Å²) < 4.78 is 0. The van der Waals surface area contributed by atoms with Crippen LogP contribution in [0.2, 0.25) is 5.02 Å². The predicted molar refractivity (Wildman–Crippen MR) is 66.0 cm³/mol. The zero-order valence-electron chi connectivity index (χ0n) is 8.38. The fraction of sp³-hybridized carbons (Fsp3) is 0.455. The highest BCUT2D eigenvalue weighted by Gasteiger charge is 2.26. The average Bonchev–Trinajstić information content (AvgIpc) is 2.17. The van der Waals surface area contributed by atoms with Crippen LogP contribution >= 0.6 is 34.8 Å². The maximum absolute atomic E-state index is 10.2. The van der Waals surface area contributed by atoms with Gasteiger partial charge in [0, 0.05) is 10.9 Å². The van der Waals surface area contributed by atoms with Crippen LogP contribution in [0.5, 0.6) is 0 Å². The van der Waals surface area contributed by atoms with Crippen LogP contribution in [0.4, 0.5) is 0 Å². The van der Waals surface area contributed by atoms with Gasteiger partial charge in [-0.2, -0.15) is 0 Å². The fourth-order valence-corrected chi connectivity index (χ4v) is 1.95. The monoisotopic (exact) mass is 266 g/mol. The lowest BCUT2D eigenvalue weighted by molar-refractivity contribution is 0.0482. The second kappa shape index (κ2) is 5.40. The normalized spacial score (nSPS) is 17.1. The predicted octanol–water partition coefficient (Wildman–Crippen LogP) is 3.78. The van der Waals surface area contributed by atoms with Gasteiger partial charge in [-0.25, -0.2) is 0 Å². The van der Waals surface area contributed by atoms with Crippen LogP contribution in [0, 0.1) is 0 Å². The Morgan fingerprint density at radius 2 is 1.87 bits per heavy atom. The number of aliphatic hydroxyl groups is 1. The third-order valence-corrected chi connectivity index (χ3v) is 3.34. The Labute approximate surface area is 105 Å². The van der Waals surface area contributed by atoms with Gasteiger partial charge in [0.1, 0.15) is 0 Å². The molecule has 0 spiro atoms. The summed E-state index contributed by atoms with van der Waals surface area (Å²) in [5.41, 5.74) is -0.172. The maximum atomic E-state index is 10.2. The highest BCUT2D eigenvalue weighted by Crippen LogP contribution is 2.28. The molecule has 1 aromatic rings. The van der Waals surface area contributed by atoms with E-state index < -0.39 is 5.60 Å². The largest absolute Gasteiger partial charge is 0.385 e. The standard InChI is InChI=1S/C11H13Cl3O/c1-11(15,6-10(14)7-12)8-2-4-9(13)5-3-8/h2-5,10,15H,6-7H2,1H3. The molecule has 1 rings (SSSR count). The van der Waals surface area contributed by atoms with E-state index in [4.69, 9.17) is 34.8 Å². The van der Waals surface area contributed by atoms with Gasteiger partial charge in [-0.05, 0) is 31.0 Å². The first-order valence-corrected chi connectivity index (χ1v) is 5.99. The highest BCUT2D eigenvalue weighted by atomic mass is 35.5. The molecule has 15 heavy (non-hydrogen) atoms. The van der Waals surface area contributed by atoms with Crippen LogP contribution in [-0.2, 0) is 5.60 Å². The second-order valence-electron chi connectivity index (χ2n) is 3.74. The molecule has 2 atom stereocenters. The van der Waals surface area contributed by atoms with Crippen molar-refractivity contribution in [1.82, 2.24) is 0 Å². The van der Waals surface area contributed by atoms with E-state index >= 15 is 0 Å². The van der Waals surface area contributed by atoms with Crippen molar-refractivity contribution in [2.45, 2.75) is 24.3 Å². The van der Waals surface area contributed by atoms with Crippen molar-refractivity contribution in [3.8, 4) is 0 Å². The molecule has 0 saturated heterocycles. The van der Waals surface area contributed by atoms with Gasteiger partial charge >= 0.3 is 0 Å². The number of benzene rings is 1. The van der Waals surface area contributed by atoms with Gasteiger partial charge in [-0.15, -0.1) is 23.2 Å². The van der Waals surface area contributed by atoms with E-state index in [1.54, 1.807) is 31.2 Å². The SMILES string of the molecule is CC(O)(CC(Cl)CCl)c1ccc(Cl)cc1. The molecule has 0 aliphatic carbocycles. The first kappa shape index (κ1) is 13.1. The van der Waals surface area contributed by atoms with E-state index in [2.05, 4.69) is 0 Å². The van der Waals surface area contributed by atoms with Gasteiger partial charge in [-0.3, -0.25) is 0 Å². The minimum atomic E-state index is -0.966. The third-order valence-electron chi connectivity index (χ3n) is 2.25. The molecule has 0 bridgehead atoms. The molecular formula is C11H13Cl3O. The lowest BCUT2D eigenvalue weighted by Gasteiger charge is -2.25. The molecule has 0 amide bonds. The molecule has 2 unspecified atom stereocenters.